The van der Waals surface area contributed by atoms with E-state index < -0.39 is 33.1 Å². The number of hydrogen-bond donors (Lipinski definition) is 1. The van der Waals surface area contributed by atoms with Gasteiger partial charge in [0.25, 0.3) is 0 Å². The van der Waals surface area contributed by atoms with Crippen molar-refractivity contribution in [2.75, 3.05) is 12.9 Å². The minimum absolute atomic E-state index is 0.150. The summed E-state index contributed by atoms with van der Waals surface area (Å²) in [5.41, 5.74) is -0.150. The Kier molecular flexibility index (Phi) is 6.34. The number of rotatable bonds is 6. The van der Waals surface area contributed by atoms with Gasteiger partial charge < -0.3 is 9.84 Å². The average molecular weight is 421 g/mol. The van der Waals surface area contributed by atoms with E-state index in [9.17, 15) is 17.9 Å². The highest BCUT2D eigenvalue weighted by Gasteiger charge is 2.49. The summed E-state index contributed by atoms with van der Waals surface area (Å²) in [6, 6.07) is 11.0. The van der Waals surface area contributed by atoms with Crippen molar-refractivity contribution in [2.24, 2.45) is 5.41 Å². The Morgan fingerprint density at radius 2 is 1.90 bits per heavy atom. The van der Waals surface area contributed by atoms with Crippen molar-refractivity contribution in [3.63, 3.8) is 0 Å². The first kappa shape index (κ1) is 21.8. The molecule has 29 heavy (non-hydrogen) atoms. The van der Waals surface area contributed by atoms with E-state index in [0.717, 1.165) is 12.8 Å². The molecule has 3 atom stereocenters. The third kappa shape index (κ3) is 3.92. The van der Waals surface area contributed by atoms with Crippen LogP contribution in [0.1, 0.15) is 56.6 Å². The van der Waals surface area contributed by atoms with Gasteiger partial charge in [-0.25, -0.2) is 12.8 Å². The van der Waals surface area contributed by atoms with E-state index in [0.29, 0.717) is 29.7 Å². The second-order valence-electron chi connectivity index (χ2n) is 7.93. The zero-order valence-electron chi connectivity index (χ0n) is 17.2. The van der Waals surface area contributed by atoms with Gasteiger partial charge in [-0.2, -0.15) is 0 Å². The molecular formula is C23H29FO4S. The van der Waals surface area contributed by atoms with E-state index in [4.69, 9.17) is 4.74 Å². The molecule has 4 nitrogen and oxygen atoms in total. The van der Waals surface area contributed by atoms with Crippen LogP contribution >= 0.6 is 0 Å². The highest BCUT2D eigenvalue weighted by Crippen LogP contribution is 2.49. The summed E-state index contributed by atoms with van der Waals surface area (Å²) < 4.78 is 47.0. The van der Waals surface area contributed by atoms with E-state index in [1.165, 1.54) is 19.2 Å². The maximum Gasteiger partial charge on any atom is 0.179 e. The molecule has 1 aliphatic rings. The summed E-state index contributed by atoms with van der Waals surface area (Å²) >= 11 is 0. The Balaban J connectivity index is 2.33. The lowest BCUT2D eigenvalue weighted by atomic mass is 9.69. The van der Waals surface area contributed by atoms with Crippen LogP contribution in [0.4, 0.5) is 4.39 Å². The minimum atomic E-state index is -3.68. The second kappa shape index (κ2) is 8.44. The molecule has 0 bridgehead atoms. The van der Waals surface area contributed by atoms with Gasteiger partial charge in [-0.3, -0.25) is 0 Å². The summed E-state index contributed by atoms with van der Waals surface area (Å²) in [4.78, 5) is 0.150. The molecule has 2 aromatic carbocycles. The van der Waals surface area contributed by atoms with Crippen molar-refractivity contribution in [3.8, 4) is 5.75 Å². The number of fused-ring (bicyclic) bond motifs is 1. The number of hydrogen-bond acceptors (Lipinski definition) is 4. The lowest BCUT2D eigenvalue weighted by Crippen LogP contribution is -2.42. The van der Waals surface area contributed by atoms with Gasteiger partial charge in [0.2, 0.25) is 0 Å². The highest BCUT2D eigenvalue weighted by atomic mass is 32.2. The molecular weight excluding hydrogens is 391 g/mol. The van der Waals surface area contributed by atoms with Crippen molar-refractivity contribution in [1.29, 1.82) is 0 Å². The van der Waals surface area contributed by atoms with Gasteiger partial charge in [-0.1, -0.05) is 44.9 Å². The Bertz CT molecular complexity index is 973. The third-order valence-electron chi connectivity index (χ3n) is 6.28. The Morgan fingerprint density at radius 3 is 2.52 bits per heavy atom. The van der Waals surface area contributed by atoms with Crippen LogP contribution in [0.25, 0.3) is 0 Å². The zero-order chi connectivity index (χ0) is 21.2. The number of aliphatic hydroxyl groups is 1. The standard InChI is InChI=1S/C23H29FO4S/c1-4-6-13-23(5-2)15-29(26,27)20-12-11-16(28-3)14-18(20)21(22(23)25)17-9-7-8-10-19(17)24/h7-12,14,21-22,25H,4-6,13,15H2,1-3H3/t21-,22-,23-/m1/s1. The highest BCUT2D eigenvalue weighted by molar-refractivity contribution is 7.91. The van der Waals surface area contributed by atoms with Crippen molar-refractivity contribution in [1.82, 2.24) is 0 Å². The number of unbranched alkanes of at least 4 members (excludes halogenated alkanes) is 1. The zero-order valence-corrected chi connectivity index (χ0v) is 18.0. The van der Waals surface area contributed by atoms with Crippen molar-refractivity contribution >= 4 is 9.84 Å². The van der Waals surface area contributed by atoms with Crippen molar-refractivity contribution < 1.29 is 22.7 Å². The van der Waals surface area contributed by atoms with Crippen LogP contribution in [-0.2, 0) is 9.84 Å². The van der Waals surface area contributed by atoms with Crippen LogP contribution in [0, 0.1) is 11.2 Å². The normalized spacial score (nSPS) is 25.8. The van der Waals surface area contributed by atoms with Crippen molar-refractivity contribution in [3.05, 3.63) is 59.4 Å². The molecule has 0 spiro atoms. The molecule has 0 saturated heterocycles. The van der Waals surface area contributed by atoms with Gasteiger partial charge in [0, 0.05) is 11.3 Å². The molecule has 3 rings (SSSR count). The number of sulfone groups is 1. The monoisotopic (exact) mass is 420 g/mol. The lowest BCUT2D eigenvalue weighted by molar-refractivity contribution is 0.0167. The summed E-state index contributed by atoms with van der Waals surface area (Å²) in [6.07, 6.45) is 1.70. The maximum absolute atomic E-state index is 14.9. The minimum Gasteiger partial charge on any atom is -0.497 e. The van der Waals surface area contributed by atoms with Crippen LogP contribution in [0.15, 0.2) is 47.4 Å². The Labute approximate surface area is 172 Å². The number of halogens is 1. The van der Waals surface area contributed by atoms with E-state index in [-0.39, 0.29) is 10.6 Å². The van der Waals surface area contributed by atoms with E-state index in [2.05, 4.69) is 0 Å². The van der Waals surface area contributed by atoms with Crippen LogP contribution in [0.3, 0.4) is 0 Å². The smallest absolute Gasteiger partial charge is 0.179 e. The quantitative estimate of drug-likeness (QED) is 0.736. The first-order chi connectivity index (χ1) is 13.8. The van der Waals surface area contributed by atoms with E-state index in [1.807, 2.05) is 13.8 Å². The fraction of sp³-hybridized carbons (Fsp3) is 0.478. The first-order valence-corrected chi connectivity index (χ1v) is 11.8. The molecule has 0 aliphatic carbocycles. The van der Waals surface area contributed by atoms with Crippen LogP contribution in [0.2, 0.25) is 0 Å². The molecule has 158 valence electrons. The number of benzene rings is 2. The van der Waals surface area contributed by atoms with Crippen LogP contribution < -0.4 is 4.74 Å². The van der Waals surface area contributed by atoms with Gasteiger partial charge in [0.05, 0.1) is 23.9 Å². The Hall–Kier alpha value is -1.92. The molecule has 2 aromatic rings. The summed E-state index contributed by atoms with van der Waals surface area (Å²) in [5.74, 6) is -0.923. The summed E-state index contributed by atoms with van der Waals surface area (Å²) in [6.45, 7) is 3.94. The number of aliphatic hydroxyl groups excluding tert-OH is 1. The van der Waals surface area contributed by atoms with Gasteiger partial charge in [-0.05, 0) is 48.2 Å². The van der Waals surface area contributed by atoms with Crippen molar-refractivity contribution in [2.45, 2.75) is 56.4 Å². The predicted octanol–water partition coefficient (Wildman–Crippen LogP) is 4.70. The van der Waals surface area contributed by atoms with Crippen LogP contribution in [0.5, 0.6) is 5.75 Å². The Morgan fingerprint density at radius 1 is 1.17 bits per heavy atom. The average Bonchev–Trinajstić information content (AvgIpc) is 2.78. The fourth-order valence-corrected chi connectivity index (χ4v) is 6.80. The molecule has 0 unspecified atom stereocenters. The van der Waals surface area contributed by atoms with Crippen LogP contribution in [-0.4, -0.2) is 32.5 Å². The van der Waals surface area contributed by atoms with E-state index >= 15 is 0 Å². The van der Waals surface area contributed by atoms with Gasteiger partial charge >= 0.3 is 0 Å². The molecule has 0 aromatic heterocycles. The molecule has 1 aliphatic heterocycles. The molecule has 0 amide bonds. The molecule has 0 radical (unpaired) electrons. The molecule has 0 fully saturated rings. The predicted molar refractivity (Wildman–Crippen MR) is 112 cm³/mol. The first-order valence-electron chi connectivity index (χ1n) is 10.1. The number of ether oxygens (including phenoxy) is 1. The third-order valence-corrected chi connectivity index (χ3v) is 8.28. The van der Waals surface area contributed by atoms with Gasteiger partial charge in [0.1, 0.15) is 11.6 Å². The lowest BCUT2D eigenvalue weighted by Gasteiger charge is -2.39. The fourth-order valence-electron chi connectivity index (χ4n) is 4.55. The molecule has 1 N–H and O–H groups in total. The topological polar surface area (TPSA) is 63.6 Å². The molecule has 6 heteroatoms. The number of methoxy groups -OCH3 is 1. The summed E-state index contributed by atoms with van der Waals surface area (Å²) in [5, 5.41) is 11.6. The van der Waals surface area contributed by atoms with Gasteiger partial charge in [0.15, 0.2) is 9.84 Å². The largest absolute Gasteiger partial charge is 0.497 e. The molecule has 1 heterocycles. The SMILES string of the molecule is CCCC[C@]1(CC)CS(=O)(=O)c2ccc(OC)cc2[C@@H](c2ccccc2F)[C@H]1O. The maximum atomic E-state index is 14.9. The summed E-state index contributed by atoms with van der Waals surface area (Å²) in [7, 11) is -2.18. The van der Waals surface area contributed by atoms with E-state index in [1.54, 1.807) is 30.3 Å². The van der Waals surface area contributed by atoms with Gasteiger partial charge in [-0.15, -0.1) is 0 Å². The second-order valence-corrected chi connectivity index (χ2v) is 9.88. The molecule has 0 saturated carbocycles.